The van der Waals surface area contributed by atoms with Crippen molar-refractivity contribution in [1.82, 2.24) is 19.4 Å². The van der Waals surface area contributed by atoms with Gasteiger partial charge in [0.2, 0.25) is 5.91 Å². The van der Waals surface area contributed by atoms with Gasteiger partial charge in [-0.05, 0) is 25.8 Å². The van der Waals surface area contributed by atoms with E-state index in [0.717, 1.165) is 42.8 Å². The minimum atomic E-state index is -0.242. The largest absolute Gasteiger partial charge is 0.341 e. The van der Waals surface area contributed by atoms with E-state index in [1.807, 2.05) is 22.5 Å². The summed E-state index contributed by atoms with van der Waals surface area (Å²) in [6.45, 7) is 3.89. The highest BCUT2D eigenvalue weighted by Crippen LogP contribution is 2.24. The summed E-state index contributed by atoms with van der Waals surface area (Å²) in [5, 5.41) is -0.242. The van der Waals surface area contributed by atoms with E-state index in [4.69, 9.17) is 11.6 Å². The first-order chi connectivity index (χ1) is 9.66. The quantitative estimate of drug-likeness (QED) is 0.816. The van der Waals surface area contributed by atoms with Crippen molar-refractivity contribution < 1.29 is 4.79 Å². The van der Waals surface area contributed by atoms with Crippen molar-refractivity contribution in [2.24, 2.45) is 0 Å². The van der Waals surface area contributed by atoms with Crippen LogP contribution in [0.5, 0.6) is 0 Å². The molecule has 5 nitrogen and oxygen atoms in total. The number of pyridine rings is 1. The molecule has 1 amide bonds. The van der Waals surface area contributed by atoms with E-state index in [9.17, 15) is 4.79 Å². The van der Waals surface area contributed by atoms with E-state index in [1.54, 1.807) is 12.4 Å². The van der Waals surface area contributed by atoms with E-state index >= 15 is 0 Å². The SMILES string of the molecule is CC(Cl)c1nc2cnccc2n1CC(=O)N1CCCC1. The minimum Gasteiger partial charge on any atom is -0.341 e. The Bertz CT molecular complexity index is 631. The predicted octanol–water partition coefficient (Wildman–Crippen LogP) is 2.35. The third-order valence-corrected chi connectivity index (χ3v) is 3.88. The van der Waals surface area contributed by atoms with Gasteiger partial charge in [0, 0.05) is 19.3 Å². The first kappa shape index (κ1) is 13.4. The van der Waals surface area contributed by atoms with Crippen LogP contribution in [0.25, 0.3) is 11.0 Å². The maximum Gasteiger partial charge on any atom is 0.242 e. The summed E-state index contributed by atoms with van der Waals surface area (Å²) in [6, 6.07) is 1.88. The van der Waals surface area contributed by atoms with Crippen molar-refractivity contribution in [2.45, 2.75) is 31.7 Å². The summed E-state index contributed by atoms with van der Waals surface area (Å²) >= 11 is 6.19. The van der Waals surface area contributed by atoms with E-state index in [2.05, 4.69) is 9.97 Å². The Balaban J connectivity index is 1.96. The fourth-order valence-electron chi connectivity index (χ4n) is 2.67. The number of carbonyl (C=O) groups excluding carboxylic acids is 1. The monoisotopic (exact) mass is 292 g/mol. The molecule has 0 aliphatic carbocycles. The number of fused-ring (bicyclic) bond motifs is 1. The number of rotatable bonds is 3. The van der Waals surface area contributed by atoms with Gasteiger partial charge in [-0.2, -0.15) is 0 Å². The number of hydrogen-bond donors (Lipinski definition) is 0. The first-order valence-corrected chi connectivity index (χ1v) is 7.32. The van der Waals surface area contributed by atoms with E-state index in [1.165, 1.54) is 0 Å². The van der Waals surface area contributed by atoms with Gasteiger partial charge in [-0.15, -0.1) is 11.6 Å². The molecule has 1 aliphatic heterocycles. The number of alkyl halides is 1. The average molecular weight is 293 g/mol. The molecule has 1 saturated heterocycles. The maximum absolute atomic E-state index is 12.3. The minimum absolute atomic E-state index is 0.136. The molecule has 0 spiro atoms. The molecule has 0 bridgehead atoms. The molecular weight excluding hydrogens is 276 g/mol. The summed E-state index contributed by atoms with van der Waals surface area (Å²) in [7, 11) is 0. The molecular formula is C14H17ClN4O. The number of carbonyl (C=O) groups is 1. The third kappa shape index (κ3) is 2.38. The van der Waals surface area contributed by atoms with E-state index < -0.39 is 0 Å². The van der Waals surface area contributed by atoms with Gasteiger partial charge in [0.1, 0.15) is 17.9 Å². The number of nitrogens with zero attached hydrogens (tertiary/aromatic N) is 4. The van der Waals surface area contributed by atoms with Gasteiger partial charge in [0.15, 0.2) is 0 Å². The molecule has 6 heteroatoms. The lowest BCUT2D eigenvalue weighted by atomic mass is 10.4. The molecule has 0 N–H and O–H groups in total. The molecule has 3 heterocycles. The van der Waals surface area contributed by atoms with Crippen LogP contribution in [0.3, 0.4) is 0 Å². The molecule has 2 aromatic rings. The van der Waals surface area contributed by atoms with Crippen LogP contribution in [-0.2, 0) is 11.3 Å². The van der Waals surface area contributed by atoms with Crippen LogP contribution in [0.1, 0.15) is 31.0 Å². The molecule has 3 rings (SSSR count). The average Bonchev–Trinajstić information content (AvgIpc) is 3.06. The third-order valence-electron chi connectivity index (χ3n) is 3.69. The second-order valence-electron chi connectivity index (χ2n) is 5.12. The zero-order valence-electron chi connectivity index (χ0n) is 11.4. The Morgan fingerprint density at radius 2 is 2.20 bits per heavy atom. The number of imidazole rings is 1. The lowest BCUT2D eigenvalue weighted by molar-refractivity contribution is -0.130. The van der Waals surface area contributed by atoms with Crippen LogP contribution in [-0.4, -0.2) is 38.4 Å². The summed E-state index contributed by atoms with van der Waals surface area (Å²) < 4.78 is 1.91. The molecule has 20 heavy (non-hydrogen) atoms. The number of likely N-dealkylation sites (tertiary alicyclic amines) is 1. The fourth-order valence-corrected chi connectivity index (χ4v) is 2.84. The first-order valence-electron chi connectivity index (χ1n) is 6.89. The number of aromatic nitrogens is 3. The van der Waals surface area contributed by atoms with Crippen LogP contribution in [0.15, 0.2) is 18.5 Å². The van der Waals surface area contributed by atoms with Crippen molar-refractivity contribution in [3.8, 4) is 0 Å². The van der Waals surface area contributed by atoms with Crippen LogP contribution in [0, 0.1) is 0 Å². The smallest absolute Gasteiger partial charge is 0.242 e. The second-order valence-corrected chi connectivity index (χ2v) is 5.78. The van der Waals surface area contributed by atoms with Crippen molar-refractivity contribution >= 4 is 28.5 Å². The Morgan fingerprint density at radius 3 is 2.90 bits per heavy atom. The van der Waals surface area contributed by atoms with Gasteiger partial charge in [0.05, 0.1) is 17.1 Å². The van der Waals surface area contributed by atoms with Gasteiger partial charge in [-0.25, -0.2) is 4.98 Å². The van der Waals surface area contributed by atoms with Crippen molar-refractivity contribution in [1.29, 1.82) is 0 Å². The Labute approximate surface area is 122 Å². The van der Waals surface area contributed by atoms with Gasteiger partial charge in [-0.3, -0.25) is 9.78 Å². The predicted molar refractivity (Wildman–Crippen MR) is 77.6 cm³/mol. The van der Waals surface area contributed by atoms with Crippen molar-refractivity contribution in [2.75, 3.05) is 13.1 Å². The molecule has 1 fully saturated rings. The molecule has 1 atom stereocenters. The Hall–Kier alpha value is -1.62. The van der Waals surface area contributed by atoms with Crippen molar-refractivity contribution in [3.05, 3.63) is 24.3 Å². The van der Waals surface area contributed by atoms with Crippen LogP contribution in [0.4, 0.5) is 0 Å². The zero-order chi connectivity index (χ0) is 14.1. The highest BCUT2D eigenvalue weighted by molar-refractivity contribution is 6.20. The van der Waals surface area contributed by atoms with Crippen LogP contribution < -0.4 is 0 Å². The lowest BCUT2D eigenvalue weighted by Gasteiger charge is -2.17. The van der Waals surface area contributed by atoms with Crippen molar-refractivity contribution in [3.63, 3.8) is 0 Å². The van der Waals surface area contributed by atoms with Crippen LogP contribution in [0.2, 0.25) is 0 Å². The van der Waals surface area contributed by atoms with Gasteiger partial charge < -0.3 is 9.47 Å². The standard InChI is InChI=1S/C14H17ClN4O/c1-10(15)14-17-11-8-16-5-4-12(11)19(14)9-13(20)18-6-2-3-7-18/h4-5,8,10H,2-3,6-7,9H2,1H3. The second kappa shape index (κ2) is 5.40. The van der Waals surface area contributed by atoms with Crippen LogP contribution >= 0.6 is 11.6 Å². The summed E-state index contributed by atoms with van der Waals surface area (Å²) in [4.78, 5) is 22.8. The Morgan fingerprint density at radius 1 is 1.45 bits per heavy atom. The molecule has 0 saturated carbocycles. The molecule has 106 valence electrons. The normalized spacial score (nSPS) is 16.8. The van der Waals surface area contributed by atoms with E-state index in [0.29, 0.717) is 6.54 Å². The molecule has 1 unspecified atom stereocenters. The van der Waals surface area contributed by atoms with Gasteiger partial charge in [-0.1, -0.05) is 0 Å². The molecule has 2 aromatic heterocycles. The number of halogens is 1. The highest BCUT2D eigenvalue weighted by atomic mass is 35.5. The number of amides is 1. The molecule has 1 aliphatic rings. The van der Waals surface area contributed by atoms with Gasteiger partial charge >= 0.3 is 0 Å². The fraction of sp³-hybridized carbons (Fsp3) is 0.500. The Kier molecular flexibility index (Phi) is 3.61. The number of hydrogen-bond acceptors (Lipinski definition) is 3. The highest BCUT2D eigenvalue weighted by Gasteiger charge is 2.22. The zero-order valence-corrected chi connectivity index (χ0v) is 12.2. The lowest BCUT2D eigenvalue weighted by Crippen LogP contribution is -2.31. The molecule has 0 aromatic carbocycles. The summed E-state index contributed by atoms with van der Waals surface area (Å²) in [6.07, 6.45) is 5.61. The van der Waals surface area contributed by atoms with E-state index in [-0.39, 0.29) is 11.3 Å². The topological polar surface area (TPSA) is 51.0 Å². The van der Waals surface area contributed by atoms with Gasteiger partial charge in [0.25, 0.3) is 0 Å². The maximum atomic E-state index is 12.3. The summed E-state index contributed by atoms with van der Waals surface area (Å²) in [5.74, 6) is 0.861. The summed E-state index contributed by atoms with van der Waals surface area (Å²) in [5.41, 5.74) is 1.69. The molecule has 0 radical (unpaired) electrons.